The maximum atomic E-state index is 13.8. The third-order valence-corrected chi connectivity index (χ3v) is 11.9. The number of unbranched alkanes of at least 4 members (excludes halogenated alkanes) is 26. The van der Waals surface area contributed by atoms with E-state index >= 15 is 0 Å². The number of carbonyl (C=O) groups is 4. The van der Waals surface area contributed by atoms with Crippen LogP contribution in [0.4, 0.5) is 0 Å². The average Bonchev–Trinajstić information content (AvgIpc) is 3.22. The fourth-order valence-electron chi connectivity index (χ4n) is 7.55. The number of nitrogens with two attached hydrogens (primary N) is 2. The molecular weight excluding hydrogens is 721 g/mol. The van der Waals surface area contributed by atoms with Gasteiger partial charge in [-0.05, 0) is 48.9 Å². The topological polar surface area (TPSA) is 127 Å². The highest BCUT2D eigenvalue weighted by molar-refractivity contribution is 6.08. The summed E-state index contributed by atoms with van der Waals surface area (Å²) in [6.07, 6.45) is 34.3. The fraction of sp³-hybridized carbons (Fsp3) is 0.800. The monoisotopic (exact) mass is 811 g/mol. The Bertz CT molecular complexity index is 1120. The summed E-state index contributed by atoms with van der Waals surface area (Å²) in [4.78, 5) is 57.2. The molecule has 0 aliphatic carbocycles. The van der Waals surface area contributed by atoms with Crippen LogP contribution in [0.25, 0.3) is 0 Å². The second-order valence-corrected chi connectivity index (χ2v) is 17.9. The van der Waals surface area contributed by atoms with E-state index in [4.69, 9.17) is 11.5 Å². The second-order valence-electron chi connectivity index (χ2n) is 17.9. The summed E-state index contributed by atoms with van der Waals surface area (Å²) in [6, 6.07) is 4.77. The largest absolute Gasteiger partial charge is 0.320 e. The standard InChI is InChI=1S/C50H90N4O4/c1-7-9-11-13-15-17-19-21-23-25-27-29-31-33-39-53(49(57)45(51)41(3)4)47(55)43-35-37-44(38-36-43)48(56)54(50(58)46(52)42(5)6)40-34-32-30-28-26-24-22-20-18-16-14-12-10-8-2/h35-38,41-42,45-46H,7-34,39-40,51-52H2,1-6H3/t45-,46-/m0/s1. The molecule has 1 aromatic rings. The van der Waals surface area contributed by atoms with Gasteiger partial charge in [-0.25, -0.2) is 0 Å². The first kappa shape index (κ1) is 53.4. The van der Waals surface area contributed by atoms with Gasteiger partial charge in [-0.1, -0.05) is 208 Å². The van der Waals surface area contributed by atoms with E-state index in [1.165, 1.54) is 151 Å². The molecule has 2 atom stereocenters. The highest BCUT2D eigenvalue weighted by Crippen LogP contribution is 2.19. The van der Waals surface area contributed by atoms with Crippen molar-refractivity contribution in [2.75, 3.05) is 13.1 Å². The SMILES string of the molecule is CCCCCCCCCCCCCCCCN(C(=O)c1ccc(C(=O)N(CCCCCCCCCCCCCCCC)C(=O)[C@@H](N)C(C)C)cc1)C(=O)[C@@H](N)C(C)C. The van der Waals surface area contributed by atoms with E-state index in [0.717, 1.165) is 38.5 Å². The van der Waals surface area contributed by atoms with E-state index in [1.54, 1.807) is 24.3 Å². The molecule has 4 N–H and O–H groups in total. The van der Waals surface area contributed by atoms with Crippen molar-refractivity contribution in [2.45, 2.75) is 233 Å². The van der Waals surface area contributed by atoms with Crippen LogP contribution in [0, 0.1) is 11.8 Å². The summed E-state index contributed by atoms with van der Waals surface area (Å²) >= 11 is 0. The second kappa shape index (κ2) is 34.2. The van der Waals surface area contributed by atoms with E-state index < -0.39 is 23.9 Å². The third-order valence-electron chi connectivity index (χ3n) is 11.9. The van der Waals surface area contributed by atoms with Gasteiger partial charge in [0.1, 0.15) is 0 Å². The highest BCUT2D eigenvalue weighted by atomic mass is 16.2. The van der Waals surface area contributed by atoms with Gasteiger partial charge in [-0.15, -0.1) is 0 Å². The summed E-state index contributed by atoms with van der Waals surface area (Å²) in [5.41, 5.74) is 13.2. The van der Waals surface area contributed by atoms with Crippen LogP contribution in [-0.2, 0) is 9.59 Å². The van der Waals surface area contributed by atoms with Crippen LogP contribution in [0.2, 0.25) is 0 Å². The predicted molar refractivity (Wildman–Crippen MR) is 245 cm³/mol. The molecule has 0 fully saturated rings. The molecule has 0 heterocycles. The third kappa shape index (κ3) is 23.3. The molecule has 334 valence electrons. The minimum absolute atomic E-state index is 0.111. The van der Waals surface area contributed by atoms with Crippen molar-refractivity contribution in [2.24, 2.45) is 23.3 Å². The average molecular weight is 811 g/mol. The number of carbonyl (C=O) groups excluding carboxylic acids is 4. The van der Waals surface area contributed by atoms with Gasteiger partial charge in [-0.3, -0.25) is 29.0 Å². The van der Waals surface area contributed by atoms with Crippen LogP contribution in [0.1, 0.15) is 242 Å². The molecule has 0 radical (unpaired) electrons. The zero-order valence-corrected chi connectivity index (χ0v) is 38.5. The Morgan fingerprint density at radius 2 is 0.603 bits per heavy atom. The molecule has 0 unspecified atom stereocenters. The molecule has 1 aromatic carbocycles. The normalized spacial score (nSPS) is 12.6. The van der Waals surface area contributed by atoms with E-state index in [2.05, 4.69) is 13.8 Å². The molecule has 0 bridgehead atoms. The Morgan fingerprint density at radius 3 is 0.810 bits per heavy atom. The van der Waals surface area contributed by atoms with Gasteiger partial charge in [0.2, 0.25) is 11.8 Å². The van der Waals surface area contributed by atoms with Crippen LogP contribution in [0.3, 0.4) is 0 Å². The molecule has 0 aliphatic rings. The van der Waals surface area contributed by atoms with E-state index in [9.17, 15) is 19.2 Å². The van der Waals surface area contributed by atoms with Gasteiger partial charge in [0.05, 0.1) is 12.1 Å². The van der Waals surface area contributed by atoms with E-state index in [1.807, 2.05) is 27.7 Å². The molecule has 4 amide bonds. The summed E-state index contributed by atoms with van der Waals surface area (Å²) in [6.45, 7) is 12.7. The van der Waals surface area contributed by atoms with Gasteiger partial charge in [0, 0.05) is 24.2 Å². The minimum Gasteiger partial charge on any atom is -0.320 e. The molecular formula is C50H90N4O4. The van der Waals surface area contributed by atoms with Crippen LogP contribution < -0.4 is 11.5 Å². The number of imide groups is 2. The van der Waals surface area contributed by atoms with Crippen LogP contribution in [0.15, 0.2) is 24.3 Å². The van der Waals surface area contributed by atoms with Gasteiger partial charge in [-0.2, -0.15) is 0 Å². The highest BCUT2D eigenvalue weighted by Gasteiger charge is 2.31. The Hall–Kier alpha value is -2.58. The molecule has 0 aliphatic heterocycles. The van der Waals surface area contributed by atoms with Gasteiger partial charge >= 0.3 is 0 Å². The van der Waals surface area contributed by atoms with Gasteiger partial charge in [0.15, 0.2) is 0 Å². The lowest BCUT2D eigenvalue weighted by atomic mass is 10.0. The smallest absolute Gasteiger partial charge is 0.260 e. The number of hydrogen-bond acceptors (Lipinski definition) is 6. The Labute approximate surface area is 356 Å². The molecule has 1 rings (SSSR count). The summed E-state index contributed by atoms with van der Waals surface area (Å²) in [5, 5.41) is 0. The number of hydrogen-bond donors (Lipinski definition) is 2. The lowest BCUT2D eigenvalue weighted by Crippen LogP contribution is -2.49. The summed E-state index contributed by atoms with van der Waals surface area (Å²) in [7, 11) is 0. The Kier molecular flexibility index (Phi) is 31.5. The van der Waals surface area contributed by atoms with Crippen molar-refractivity contribution in [3.63, 3.8) is 0 Å². The lowest BCUT2D eigenvalue weighted by molar-refractivity contribution is -0.131. The summed E-state index contributed by atoms with van der Waals surface area (Å²) < 4.78 is 0. The van der Waals surface area contributed by atoms with Crippen molar-refractivity contribution in [1.29, 1.82) is 0 Å². The van der Waals surface area contributed by atoms with Gasteiger partial charge in [0.25, 0.3) is 11.8 Å². The zero-order valence-electron chi connectivity index (χ0n) is 38.5. The number of benzene rings is 1. The van der Waals surface area contributed by atoms with Crippen molar-refractivity contribution in [1.82, 2.24) is 9.80 Å². The first-order valence-corrected chi connectivity index (χ1v) is 24.3. The molecule has 58 heavy (non-hydrogen) atoms. The Balaban J connectivity index is 2.71. The molecule has 0 saturated carbocycles. The predicted octanol–water partition coefficient (Wildman–Crippen LogP) is 12.6. The Morgan fingerprint density at radius 1 is 0.397 bits per heavy atom. The number of rotatable bonds is 36. The quantitative estimate of drug-likeness (QED) is 0.0650. The maximum Gasteiger partial charge on any atom is 0.260 e. The van der Waals surface area contributed by atoms with Crippen LogP contribution in [-0.4, -0.2) is 58.6 Å². The minimum atomic E-state index is -0.781. The molecule has 0 spiro atoms. The maximum absolute atomic E-state index is 13.8. The molecule has 8 nitrogen and oxygen atoms in total. The summed E-state index contributed by atoms with van der Waals surface area (Å²) in [5.74, 6) is -1.79. The molecule has 0 saturated heterocycles. The van der Waals surface area contributed by atoms with Crippen LogP contribution >= 0.6 is 0 Å². The fourth-order valence-corrected chi connectivity index (χ4v) is 7.55. The van der Waals surface area contributed by atoms with E-state index in [-0.39, 0.29) is 23.7 Å². The van der Waals surface area contributed by atoms with Crippen molar-refractivity contribution in [3.8, 4) is 0 Å². The van der Waals surface area contributed by atoms with Crippen molar-refractivity contribution >= 4 is 23.6 Å². The van der Waals surface area contributed by atoms with Crippen LogP contribution in [0.5, 0.6) is 0 Å². The van der Waals surface area contributed by atoms with Gasteiger partial charge < -0.3 is 11.5 Å². The molecule has 0 aromatic heterocycles. The zero-order chi connectivity index (χ0) is 43.0. The van der Waals surface area contributed by atoms with Crippen molar-refractivity contribution < 1.29 is 19.2 Å². The number of nitrogens with zero attached hydrogens (tertiary/aromatic N) is 2. The number of amides is 4. The molecule has 8 heteroatoms. The van der Waals surface area contributed by atoms with E-state index in [0.29, 0.717) is 24.2 Å². The first-order chi connectivity index (χ1) is 28.0. The lowest BCUT2D eigenvalue weighted by Gasteiger charge is -2.27. The first-order valence-electron chi connectivity index (χ1n) is 24.3. The van der Waals surface area contributed by atoms with Crippen molar-refractivity contribution in [3.05, 3.63) is 35.4 Å².